The van der Waals surface area contributed by atoms with Crippen molar-refractivity contribution in [2.24, 2.45) is 0 Å². The highest BCUT2D eigenvalue weighted by atomic mass is 32.1. The lowest BCUT2D eigenvalue weighted by molar-refractivity contribution is 0.787. The van der Waals surface area contributed by atoms with Crippen LogP contribution >= 0.6 is 11.3 Å². The lowest BCUT2D eigenvalue weighted by Gasteiger charge is -2.07. The molecule has 0 spiro atoms. The van der Waals surface area contributed by atoms with Gasteiger partial charge in [0.05, 0.1) is 5.39 Å². The normalized spacial score (nSPS) is 10.5. The van der Waals surface area contributed by atoms with Crippen LogP contribution in [0.25, 0.3) is 10.2 Å². The Morgan fingerprint density at radius 1 is 1.33 bits per heavy atom. The summed E-state index contributed by atoms with van der Waals surface area (Å²) in [6.45, 7) is 4.93. The second kappa shape index (κ2) is 5.83. The Kier molecular flexibility index (Phi) is 4.16. The van der Waals surface area contributed by atoms with Crippen molar-refractivity contribution in [1.82, 2.24) is 9.97 Å². The van der Waals surface area contributed by atoms with Crippen LogP contribution in [0, 0.1) is 26.2 Å². The molecule has 2 aromatic rings. The maximum absolute atomic E-state index is 5.23. The molecule has 0 aliphatic rings. The third-order valence-corrected chi connectivity index (χ3v) is 3.76. The number of nitrogens with one attached hydrogen (secondary N) is 1. The number of thiophene rings is 1. The fraction of sp³-hybridized carbons (Fsp3) is 0.429. The Hall–Kier alpha value is -1.60. The van der Waals surface area contributed by atoms with Crippen LogP contribution in [0.2, 0.25) is 0 Å². The van der Waals surface area contributed by atoms with Crippen molar-refractivity contribution in [3.8, 4) is 12.3 Å². The number of fused-ring (bicyclic) bond motifs is 1. The zero-order valence-electron chi connectivity index (χ0n) is 10.8. The molecule has 0 aromatic carbocycles. The zero-order chi connectivity index (χ0) is 13.0. The second-order valence-corrected chi connectivity index (χ2v) is 5.16. The summed E-state index contributed by atoms with van der Waals surface area (Å²) in [4.78, 5) is 10.0. The van der Waals surface area contributed by atoms with Gasteiger partial charge in [-0.25, -0.2) is 9.97 Å². The van der Waals surface area contributed by atoms with E-state index in [0.717, 1.165) is 47.7 Å². The van der Waals surface area contributed by atoms with Gasteiger partial charge >= 0.3 is 0 Å². The Labute approximate surface area is 112 Å². The highest BCUT2D eigenvalue weighted by molar-refractivity contribution is 7.17. The number of unbranched alkanes of at least 4 members (excludes halogenated alkanes) is 2. The maximum Gasteiger partial charge on any atom is 0.138 e. The molecule has 2 rings (SSSR count). The number of rotatable bonds is 5. The minimum atomic E-state index is 0.815. The summed E-state index contributed by atoms with van der Waals surface area (Å²) in [7, 11) is 0. The van der Waals surface area contributed by atoms with Crippen molar-refractivity contribution in [3.05, 3.63) is 16.8 Å². The molecule has 2 aromatic heterocycles. The predicted octanol–water partition coefficient (Wildman–Crippen LogP) is 3.52. The molecule has 2 heterocycles. The van der Waals surface area contributed by atoms with Gasteiger partial charge in [0.1, 0.15) is 16.5 Å². The first-order valence-electron chi connectivity index (χ1n) is 6.12. The number of hydrogen-bond acceptors (Lipinski definition) is 4. The number of anilines is 1. The van der Waals surface area contributed by atoms with Crippen LogP contribution in [0.5, 0.6) is 0 Å². The number of hydrogen-bond donors (Lipinski definition) is 1. The molecule has 0 aliphatic heterocycles. The van der Waals surface area contributed by atoms with Crippen LogP contribution in [0.15, 0.2) is 5.38 Å². The Morgan fingerprint density at radius 2 is 2.17 bits per heavy atom. The first kappa shape index (κ1) is 12.8. The number of aromatic nitrogens is 2. The minimum absolute atomic E-state index is 0.815. The van der Waals surface area contributed by atoms with Crippen molar-refractivity contribution < 1.29 is 0 Å². The van der Waals surface area contributed by atoms with Gasteiger partial charge in [-0.3, -0.25) is 0 Å². The van der Waals surface area contributed by atoms with Crippen molar-refractivity contribution >= 4 is 27.4 Å². The smallest absolute Gasteiger partial charge is 0.138 e. The molecule has 0 unspecified atom stereocenters. The lowest BCUT2D eigenvalue weighted by Crippen LogP contribution is -2.05. The van der Waals surface area contributed by atoms with Gasteiger partial charge in [0.2, 0.25) is 0 Å². The number of terminal acetylenes is 1. The first-order valence-corrected chi connectivity index (χ1v) is 7.00. The maximum atomic E-state index is 5.23. The van der Waals surface area contributed by atoms with Gasteiger partial charge < -0.3 is 5.32 Å². The van der Waals surface area contributed by atoms with Gasteiger partial charge in [-0.15, -0.1) is 23.7 Å². The van der Waals surface area contributed by atoms with Crippen LogP contribution < -0.4 is 5.32 Å². The summed E-state index contributed by atoms with van der Waals surface area (Å²) in [6, 6.07) is 0. The fourth-order valence-electron chi connectivity index (χ4n) is 1.88. The molecule has 0 atom stereocenters. The summed E-state index contributed by atoms with van der Waals surface area (Å²) >= 11 is 1.67. The fourth-order valence-corrected chi connectivity index (χ4v) is 2.84. The Bertz CT molecular complexity index is 580. The molecule has 0 amide bonds. The monoisotopic (exact) mass is 259 g/mol. The number of nitrogens with zero attached hydrogens (tertiary/aromatic N) is 2. The van der Waals surface area contributed by atoms with Crippen molar-refractivity contribution in [3.63, 3.8) is 0 Å². The van der Waals surface area contributed by atoms with E-state index < -0.39 is 0 Å². The van der Waals surface area contributed by atoms with Gasteiger partial charge in [0.25, 0.3) is 0 Å². The quantitative estimate of drug-likeness (QED) is 0.659. The van der Waals surface area contributed by atoms with E-state index in [2.05, 4.69) is 33.5 Å². The Balaban J connectivity index is 2.12. The zero-order valence-corrected chi connectivity index (χ0v) is 11.6. The molecular weight excluding hydrogens is 242 g/mol. The van der Waals surface area contributed by atoms with E-state index in [4.69, 9.17) is 6.42 Å². The molecule has 0 radical (unpaired) electrons. The average molecular weight is 259 g/mol. The summed E-state index contributed by atoms with van der Waals surface area (Å²) in [5.41, 5.74) is 1.24. The summed E-state index contributed by atoms with van der Waals surface area (Å²) in [5, 5.41) is 6.68. The van der Waals surface area contributed by atoms with Gasteiger partial charge in [-0.2, -0.15) is 0 Å². The van der Waals surface area contributed by atoms with E-state index in [9.17, 15) is 0 Å². The summed E-state index contributed by atoms with van der Waals surface area (Å²) in [5.74, 6) is 4.43. The molecule has 0 bridgehead atoms. The second-order valence-electron chi connectivity index (χ2n) is 4.31. The third-order valence-electron chi connectivity index (χ3n) is 2.77. The van der Waals surface area contributed by atoms with Crippen LogP contribution in [-0.2, 0) is 0 Å². The molecule has 1 N–H and O–H groups in total. The third kappa shape index (κ3) is 2.80. The van der Waals surface area contributed by atoms with E-state index >= 15 is 0 Å². The first-order chi connectivity index (χ1) is 8.72. The van der Waals surface area contributed by atoms with Gasteiger partial charge in [-0.05, 0) is 37.6 Å². The van der Waals surface area contributed by atoms with E-state index in [1.165, 1.54) is 5.56 Å². The van der Waals surface area contributed by atoms with Gasteiger partial charge in [-0.1, -0.05) is 0 Å². The van der Waals surface area contributed by atoms with E-state index in [1.807, 2.05) is 6.92 Å². The van der Waals surface area contributed by atoms with Gasteiger partial charge in [0.15, 0.2) is 0 Å². The van der Waals surface area contributed by atoms with Crippen molar-refractivity contribution in [2.45, 2.75) is 33.1 Å². The molecular formula is C14H17N3S. The number of aryl methyl sites for hydroxylation is 2. The molecule has 18 heavy (non-hydrogen) atoms. The highest BCUT2D eigenvalue weighted by Crippen LogP contribution is 2.29. The summed E-state index contributed by atoms with van der Waals surface area (Å²) < 4.78 is 0. The van der Waals surface area contributed by atoms with Crippen LogP contribution in [0.1, 0.15) is 30.7 Å². The van der Waals surface area contributed by atoms with E-state index in [1.54, 1.807) is 11.3 Å². The Morgan fingerprint density at radius 3 is 2.94 bits per heavy atom. The van der Waals surface area contributed by atoms with Crippen LogP contribution in [0.3, 0.4) is 0 Å². The molecule has 4 heteroatoms. The van der Waals surface area contributed by atoms with Crippen LogP contribution in [0.4, 0.5) is 5.82 Å². The lowest BCUT2D eigenvalue weighted by atomic mass is 10.2. The topological polar surface area (TPSA) is 37.8 Å². The predicted molar refractivity (Wildman–Crippen MR) is 78.1 cm³/mol. The minimum Gasteiger partial charge on any atom is -0.369 e. The molecule has 0 fully saturated rings. The molecule has 94 valence electrons. The average Bonchev–Trinajstić information content (AvgIpc) is 2.70. The molecule has 0 saturated heterocycles. The molecule has 0 aliphatic carbocycles. The van der Waals surface area contributed by atoms with E-state index in [-0.39, 0.29) is 0 Å². The van der Waals surface area contributed by atoms with Crippen LogP contribution in [-0.4, -0.2) is 16.5 Å². The SMILES string of the molecule is C#CCCCCNc1nc(C)nc2scc(C)c12. The largest absolute Gasteiger partial charge is 0.369 e. The van der Waals surface area contributed by atoms with Crippen molar-refractivity contribution in [1.29, 1.82) is 0 Å². The van der Waals surface area contributed by atoms with Crippen molar-refractivity contribution in [2.75, 3.05) is 11.9 Å². The standard InChI is InChI=1S/C14H17N3S/c1-4-5-6-7-8-15-13-12-10(2)9-18-14(12)17-11(3)16-13/h1,9H,5-8H2,2-3H3,(H,15,16,17). The molecule has 3 nitrogen and oxygen atoms in total. The highest BCUT2D eigenvalue weighted by Gasteiger charge is 2.09. The van der Waals surface area contributed by atoms with Gasteiger partial charge in [0, 0.05) is 13.0 Å². The summed E-state index contributed by atoms with van der Waals surface area (Å²) in [6.07, 6.45) is 8.20. The van der Waals surface area contributed by atoms with E-state index in [0.29, 0.717) is 0 Å². The molecule has 0 saturated carbocycles.